The average Bonchev–Trinajstić information content (AvgIpc) is 3.25. The molecule has 1 atom stereocenters. The molecule has 2 fully saturated rings. The lowest BCUT2D eigenvalue weighted by Gasteiger charge is -2.37. The van der Waals surface area contributed by atoms with E-state index in [1.54, 1.807) is 12.1 Å². The van der Waals surface area contributed by atoms with Crippen LogP contribution in [0.2, 0.25) is 0 Å². The van der Waals surface area contributed by atoms with Crippen molar-refractivity contribution >= 4 is 57.4 Å². The van der Waals surface area contributed by atoms with Gasteiger partial charge in [-0.25, -0.2) is 14.6 Å². The van der Waals surface area contributed by atoms with Crippen molar-refractivity contribution in [1.82, 2.24) is 14.7 Å². The van der Waals surface area contributed by atoms with Gasteiger partial charge in [0.05, 0.1) is 28.7 Å². The number of carbonyl (C=O) groups excluding carboxylic acids is 3. The molecule has 13 nitrogen and oxygen atoms in total. The number of aromatic hydroxyl groups is 1. The van der Waals surface area contributed by atoms with E-state index in [1.165, 1.54) is 11.0 Å². The topological polar surface area (TPSA) is 164 Å². The lowest BCUT2D eigenvalue weighted by atomic mass is 10.0. The molecule has 3 aliphatic heterocycles. The number of phenolic OH excluding ortho intramolecular Hbond substituents is 1. The van der Waals surface area contributed by atoms with Gasteiger partial charge in [-0.1, -0.05) is 24.3 Å². The first kappa shape index (κ1) is 34.8. The van der Waals surface area contributed by atoms with Gasteiger partial charge < -0.3 is 35.0 Å². The number of anilines is 1. The van der Waals surface area contributed by atoms with E-state index in [2.05, 4.69) is 47.9 Å². The van der Waals surface area contributed by atoms with Crippen molar-refractivity contribution in [3.63, 3.8) is 0 Å². The number of hydrogen-bond donors (Lipinski definition) is 3. The van der Waals surface area contributed by atoms with Crippen molar-refractivity contribution in [2.75, 3.05) is 44.6 Å². The number of ether oxygens (including phenoxy) is 1. The van der Waals surface area contributed by atoms with E-state index < -0.39 is 24.1 Å². The molecular formula is C34H39BrN6O7. The first-order valence-electron chi connectivity index (χ1n) is 16.1. The van der Waals surface area contributed by atoms with E-state index in [-0.39, 0.29) is 36.7 Å². The van der Waals surface area contributed by atoms with E-state index in [1.807, 2.05) is 29.2 Å². The molecule has 0 saturated carbocycles. The first-order valence-corrected chi connectivity index (χ1v) is 16.9. The van der Waals surface area contributed by atoms with E-state index in [4.69, 9.17) is 9.84 Å². The van der Waals surface area contributed by atoms with Crippen LogP contribution >= 0.6 is 15.9 Å². The molecule has 3 heterocycles. The first-order chi connectivity index (χ1) is 23.2. The largest absolute Gasteiger partial charge is 0.507 e. The van der Waals surface area contributed by atoms with Gasteiger partial charge in [0.15, 0.2) is 6.10 Å². The summed E-state index contributed by atoms with van der Waals surface area (Å²) in [6, 6.07) is 12.3. The minimum atomic E-state index is -1.26. The van der Waals surface area contributed by atoms with E-state index >= 15 is 0 Å². The number of aliphatic carboxylic acids is 1. The van der Waals surface area contributed by atoms with Gasteiger partial charge in [-0.2, -0.15) is 4.99 Å². The van der Waals surface area contributed by atoms with Crippen LogP contribution in [0.15, 0.2) is 56.9 Å². The predicted octanol–water partition coefficient (Wildman–Crippen LogP) is 4.12. The minimum Gasteiger partial charge on any atom is -0.507 e. The molecule has 2 aromatic rings. The molecule has 48 heavy (non-hydrogen) atoms. The second-order valence-corrected chi connectivity index (χ2v) is 13.0. The smallest absolute Gasteiger partial charge is 0.410 e. The van der Waals surface area contributed by atoms with Gasteiger partial charge in [0.2, 0.25) is 0 Å². The van der Waals surface area contributed by atoms with E-state index in [9.17, 15) is 24.3 Å². The van der Waals surface area contributed by atoms with Gasteiger partial charge in [-0.3, -0.25) is 9.59 Å². The van der Waals surface area contributed by atoms with Crippen LogP contribution in [0.4, 0.5) is 15.3 Å². The Kier molecular flexibility index (Phi) is 12.0. The Balaban J connectivity index is 1.18. The zero-order valence-electron chi connectivity index (χ0n) is 26.5. The third-order valence-corrected chi connectivity index (χ3v) is 9.55. The van der Waals surface area contributed by atoms with Crippen molar-refractivity contribution in [3.8, 4) is 5.75 Å². The van der Waals surface area contributed by atoms with Crippen molar-refractivity contribution < 1.29 is 34.1 Å². The number of carbonyl (C=O) groups is 4. The molecule has 3 aliphatic rings. The highest BCUT2D eigenvalue weighted by atomic mass is 79.9. The van der Waals surface area contributed by atoms with Crippen LogP contribution in [-0.2, 0) is 27.2 Å². The Morgan fingerprint density at radius 3 is 2.50 bits per heavy atom. The molecule has 0 unspecified atom stereocenters. The standard InChI is InChI=1S/C34H39BrN6O7/c35-27-21-23(5-6-29(27)42)22-30(32(45)37-14-13-36-25-8-15-39(16-9-25)17-12-31(43)44)48-34(47)40-18-10-26(11-19-40)41-20-7-24-3-1-2-4-28(24)38-33(41)46/h1-6,21,25-26,30,42H,7-12,15-20,22H2,(H,38,46)(H,43,44)/t30-/m1/s1. The second kappa shape index (κ2) is 16.6. The molecule has 254 valence electrons. The number of carboxylic acid groups (broad SMARTS) is 1. The summed E-state index contributed by atoms with van der Waals surface area (Å²) in [4.78, 5) is 63.9. The van der Waals surface area contributed by atoms with Gasteiger partial charge in [-0.15, -0.1) is 0 Å². The summed E-state index contributed by atoms with van der Waals surface area (Å²) in [5.41, 5.74) is 2.55. The number of carboxylic acids is 1. The molecule has 2 saturated heterocycles. The van der Waals surface area contributed by atoms with Crippen LogP contribution in [0.1, 0.15) is 43.2 Å². The third-order valence-electron chi connectivity index (χ3n) is 8.92. The van der Waals surface area contributed by atoms with E-state index in [0.717, 1.165) is 43.6 Å². The predicted molar refractivity (Wildman–Crippen MR) is 182 cm³/mol. The summed E-state index contributed by atoms with van der Waals surface area (Å²) < 4.78 is 6.15. The number of hydrogen-bond acceptors (Lipinski definition) is 8. The lowest BCUT2D eigenvalue weighted by Crippen LogP contribution is -2.50. The maximum Gasteiger partial charge on any atom is 0.410 e. The zero-order chi connectivity index (χ0) is 34.0. The van der Waals surface area contributed by atoms with Crippen LogP contribution in [0.5, 0.6) is 5.75 Å². The Labute approximate surface area is 287 Å². The van der Waals surface area contributed by atoms with Crippen LogP contribution in [0, 0.1) is 0 Å². The number of urea groups is 1. The monoisotopic (exact) mass is 722 g/mol. The van der Waals surface area contributed by atoms with Crippen molar-refractivity contribution in [1.29, 1.82) is 0 Å². The van der Waals surface area contributed by atoms with Gasteiger partial charge in [0, 0.05) is 57.4 Å². The number of phenols is 1. The average molecular weight is 724 g/mol. The SMILES string of the molecule is O=C(O)CCN1CCC(N=C=C=NC(=O)[C@@H](Cc2ccc(O)c(Br)c2)OC(=O)N2CCC(N3CCc4ccccc4NC3=O)CC2)CC1. The number of amides is 4. The number of nitrogens with zero attached hydrogens (tertiary/aromatic N) is 5. The third kappa shape index (κ3) is 9.54. The number of rotatable bonds is 9. The Bertz CT molecular complexity index is 1610. The highest BCUT2D eigenvalue weighted by Crippen LogP contribution is 2.27. The van der Waals surface area contributed by atoms with Crippen LogP contribution in [0.3, 0.4) is 0 Å². The summed E-state index contributed by atoms with van der Waals surface area (Å²) in [5, 5.41) is 21.8. The number of aliphatic imine (C=N–C) groups is 2. The summed E-state index contributed by atoms with van der Waals surface area (Å²) in [7, 11) is 0. The molecule has 0 bridgehead atoms. The number of para-hydroxylation sites is 1. The van der Waals surface area contributed by atoms with Crippen molar-refractivity contribution in [2.45, 2.75) is 63.1 Å². The lowest BCUT2D eigenvalue weighted by molar-refractivity contribution is -0.137. The van der Waals surface area contributed by atoms with Crippen molar-refractivity contribution in [3.05, 3.63) is 58.1 Å². The molecular weight excluding hydrogens is 684 g/mol. The molecule has 4 amide bonds. The quantitative estimate of drug-likeness (QED) is 0.326. The number of piperidine rings is 2. The summed E-state index contributed by atoms with van der Waals surface area (Å²) in [6.07, 6.45) is 1.54. The summed E-state index contributed by atoms with van der Waals surface area (Å²) >= 11 is 3.28. The molecule has 14 heteroatoms. The molecule has 0 radical (unpaired) electrons. The second-order valence-electron chi connectivity index (χ2n) is 12.1. The summed E-state index contributed by atoms with van der Waals surface area (Å²) in [6.45, 7) is 3.23. The number of benzene rings is 2. The molecule has 0 aliphatic carbocycles. The zero-order valence-corrected chi connectivity index (χ0v) is 28.1. The maximum atomic E-state index is 13.3. The van der Waals surface area contributed by atoms with Gasteiger partial charge >= 0.3 is 18.1 Å². The Morgan fingerprint density at radius 1 is 1.02 bits per heavy atom. The molecule has 2 aromatic carbocycles. The van der Waals surface area contributed by atoms with Crippen LogP contribution in [0.25, 0.3) is 0 Å². The highest BCUT2D eigenvalue weighted by Gasteiger charge is 2.33. The molecule has 3 N–H and O–H groups in total. The van der Waals surface area contributed by atoms with Gasteiger partial charge in [-0.05, 0) is 77.4 Å². The maximum absolute atomic E-state index is 13.3. The highest BCUT2D eigenvalue weighted by molar-refractivity contribution is 9.10. The fraction of sp³-hybridized carbons (Fsp3) is 0.471. The fourth-order valence-corrected chi connectivity index (χ4v) is 6.59. The molecule has 5 rings (SSSR count). The van der Waals surface area contributed by atoms with Gasteiger partial charge in [0.25, 0.3) is 5.91 Å². The van der Waals surface area contributed by atoms with Crippen molar-refractivity contribution in [2.24, 2.45) is 9.98 Å². The normalized spacial score (nSPS) is 18.0. The van der Waals surface area contributed by atoms with Gasteiger partial charge in [0.1, 0.15) is 5.75 Å². The number of likely N-dealkylation sites (tertiary alicyclic amines) is 2. The minimum absolute atomic E-state index is 0.0194. The Morgan fingerprint density at radius 2 is 1.77 bits per heavy atom. The number of nitrogens with one attached hydrogen (secondary N) is 1. The molecule has 0 aromatic heterocycles. The number of halogens is 1. The number of fused-ring (bicyclic) bond motifs is 1. The van der Waals surface area contributed by atoms with Crippen LogP contribution in [-0.4, -0.2) is 118 Å². The Hall–Kier alpha value is -4.48. The van der Waals surface area contributed by atoms with E-state index in [0.29, 0.717) is 49.1 Å². The summed E-state index contributed by atoms with van der Waals surface area (Å²) in [5.74, 6) is 3.54. The molecule has 0 spiro atoms. The fourth-order valence-electron chi connectivity index (χ4n) is 6.16. The van der Waals surface area contributed by atoms with Crippen LogP contribution < -0.4 is 5.32 Å².